The number of hydrogen-bond acceptors (Lipinski definition) is 3. The lowest BCUT2D eigenvalue weighted by atomic mass is 10.1. The van der Waals surface area contributed by atoms with Gasteiger partial charge in [0.2, 0.25) is 5.91 Å². The first-order chi connectivity index (χ1) is 11.6. The van der Waals surface area contributed by atoms with Crippen LogP contribution in [-0.4, -0.2) is 37.6 Å². The summed E-state index contributed by atoms with van der Waals surface area (Å²) in [7, 11) is 3.64. The number of ether oxygens (including phenoxy) is 1. The number of fused-ring (bicyclic) bond motifs is 1. The minimum Gasteiger partial charge on any atom is -0.497 e. The normalized spacial score (nSPS) is 16.3. The van der Waals surface area contributed by atoms with Crippen LogP contribution in [0.2, 0.25) is 0 Å². The third-order valence-electron chi connectivity index (χ3n) is 4.49. The Kier molecular flexibility index (Phi) is 4.86. The summed E-state index contributed by atoms with van der Waals surface area (Å²) in [5.74, 6) is 1.00. The molecule has 24 heavy (non-hydrogen) atoms. The summed E-state index contributed by atoms with van der Waals surface area (Å²) in [5, 5.41) is 0. The molecule has 0 spiro atoms. The Morgan fingerprint density at radius 3 is 2.62 bits per heavy atom. The van der Waals surface area contributed by atoms with Gasteiger partial charge in [-0.05, 0) is 49.7 Å². The molecule has 126 valence electrons. The van der Waals surface area contributed by atoms with E-state index in [0.29, 0.717) is 6.54 Å². The van der Waals surface area contributed by atoms with Crippen LogP contribution in [0.25, 0.3) is 0 Å². The fourth-order valence-electron chi connectivity index (χ4n) is 3.35. The highest BCUT2D eigenvalue weighted by Gasteiger charge is 2.30. The Bertz CT molecular complexity index is 712. The molecule has 3 rings (SSSR count). The number of amides is 1. The zero-order chi connectivity index (χ0) is 17.1. The van der Waals surface area contributed by atoms with Crippen molar-refractivity contribution in [3.63, 3.8) is 0 Å². The van der Waals surface area contributed by atoms with Gasteiger partial charge in [-0.1, -0.05) is 30.3 Å². The number of anilines is 1. The molecule has 4 nitrogen and oxygen atoms in total. The summed E-state index contributed by atoms with van der Waals surface area (Å²) in [6.07, 6.45) is 0.935. The number of nitrogens with zero attached hydrogens (tertiary/aromatic N) is 2. The molecule has 2 aromatic carbocycles. The molecule has 0 N–H and O–H groups in total. The minimum atomic E-state index is 0.156. The quantitative estimate of drug-likeness (QED) is 0.847. The third-order valence-corrected chi connectivity index (χ3v) is 4.49. The first-order valence-corrected chi connectivity index (χ1v) is 8.30. The Hall–Kier alpha value is -2.33. The first-order valence-electron chi connectivity index (χ1n) is 8.30. The maximum absolute atomic E-state index is 12.8. The number of carbonyl (C=O) groups excluding carboxylic acids is 1. The Balaban J connectivity index is 1.63. The summed E-state index contributed by atoms with van der Waals surface area (Å²) < 4.78 is 5.18. The van der Waals surface area contributed by atoms with Crippen LogP contribution >= 0.6 is 0 Å². The molecule has 4 heteroatoms. The van der Waals surface area contributed by atoms with Gasteiger partial charge in [0.25, 0.3) is 0 Å². The molecule has 0 unspecified atom stereocenters. The van der Waals surface area contributed by atoms with Crippen LogP contribution in [0.15, 0.2) is 48.5 Å². The van der Waals surface area contributed by atoms with Crippen molar-refractivity contribution in [1.82, 2.24) is 4.90 Å². The van der Waals surface area contributed by atoms with E-state index in [4.69, 9.17) is 4.74 Å². The maximum Gasteiger partial charge on any atom is 0.241 e. The Labute approximate surface area is 143 Å². The molecule has 1 aliphatic rings. The lowest BCUT2D eigenvalue weighted by Crippen LogP contribution is -2.41. The highest BCUT2D eigenvalue weighted by Crippen LogP contribution is 2.31. The van der Waals surface area contributed by atoms with Crippen LogP contribution in [0, 0.1) is 0 Å². The van der Waals surface area contributed by atoms with Gasteiger partial charge < -0.3 is 9.64 Å². The largest absolute Gasteiger partial charge is 0.497 e. The maximum atomic E-state index is 12.8. The van der Waals surface area contributed by atoms with E-state index < -0.39 is 0 Å². The van der Waals surface area contributed by atoms with E-state index >= 15 is 0 Å². The van der Waals surface area contributed by atoms with Gasteiger partial charge in [0.1, 0.15) is 5.75 Å². The minimum absolute atomic E-state index is 0.156. The zero-order valence-corrected chi connectivity index (χ0v) is 14.5. The fourth-order valence-corrected chi connectivity index (χ4v) is 3.35. The summed E-state index contributed by atoms with van der Waals surface area (Å²) in [6, 6.07) is 16.4. The average Bonchev–Trinajstić information content (AvgIpc) is 2.91. The summed E-state index contributed by atoms with van der Waals surface area (Å²) in [5.41, 5.74) is 3.49. The van der Waals surface area contributed by atoms with E-state index in [-0.39, 0.29) is 11.9 Å². The summed E-state index contributed by atoms with van der Waals surface area (Å²) in [4.78, 5) is 16.8. The van der Waals surface area contributed by atoms with Crippen molar-refractivity contribution in [2.24, 2.45) is 0 Å². The lowest BCUT2D eigenvalue weighted by Gasteiger charge is -2.26. The molecule has 0 fully saturated rings. The zero-order valence-electron chi connectivity index (χ0n) is 14.5. The highest BCUT2D eigenvalue weighted by molar-refractivity contribution is 5.97. The number of rotatable bonds is 5. The van der Waals surface area contributed by atoms with Gasteiger partial charge in [0.15, 0.2) is 0 Å². The number of hydrogen-bond donors (Lipinski definition) is 0. The molecule has 1 heterocycles. The second-order valence-electron chi connectivity index (χ2n) is 6.47. The molecule has 0 saturated heterocycles. The smallest absolute Gasteiger partial charge is 0.241 e. The van der Waals surface area contributed by atoms with E-state index in [1.807, 2.05) is 54.4 Å². The van der Waals surface area contributed by atoms with E-state index in [2.05, 4.69) is 17.9 Å². The lowest BCUT2D eigenvalue weighted by molar-refractivity contribution is -0.119. The SMILES string of the molecule is COc1ccc(CN(C)CC(=O)N2c3ccccc3C[C@@H]2C)cc1. The van der Waals surface area contributed by atoms with Crippen LogP contribution in [0.1, 0.15) is 18.1 Å². The van der Waals surface area contributed by atoms with Crippen molar-refractivity contribution in [2.45, 2.75) is 25.9 Å². The van der Waals surface area contributed by atoms with Gasteiger partial charge in [-0.3, -0.25) is 9.69 Å². The van der Waals surface area contributed by atoms with Crippen LogP contribution in [-0.2, 0) is 17.8 Å². The van der Waals surface area contributed by atoms with Crippen molar-refractivity contribution in [1.29, 1.82) is 0 Å². The highest BCUT2D eigenvalue weighted by atomic mass is 16.5. The van der Waals surface area contributed by atoms with Crippen LogP contribution in [0.4, 0.5) is 5.69 Å². The number of carbonyl (C=O) groups is 1. The number of benzene rings is 2. The third kappa shape index (κ3) is 3.44. The standard InChI is InChI=1S/C20H24N2O2/c1-15-12-17-6-4-5-7-19(17)22(15)20(23)14-21(2)13-16-8-10-18(24-3)11-9-16/h4-11,15H,12-14H2,1-3H3/t15-/m0/s1. The summed E-state index contributed by atoms with van der Waals surface area (Å²) >= 11 is 0. The van der Waals surface area contributed by atoms with Gasteiger partial charge in [-0.2, -0.15) is 0 Å². The van der Waals surface area contributed by atoms with Crippen LogP contribution in [0.5, 0.6) is 5.75 Å². The number of likely N-dealkylation sites (N-methyl/N-ethyl adjacent to an activating group) is 1. The van der Waals surface area contributed by atoms with Crippen molar-refractivity contribution in [2.75, 3.05) is 25.6 Å². The predicted octanol–water partition coefficient (Wildman–Crippen LogP) is 3.10. The second-order valence-corrected chi connectivity index (χ2v) is 6.47. The van der Waals surface area contributed by atoms with Gasteiger partial charge in [-0.15, -0.1) is 0 Å². The van der Waals surface area contributed by atoms with E-state index in [1.165, 1.54) is 11.1 Å². The van der Waals surface area contributed by atoms with Crippen molar-refractivity contribution >= 4 is 11.6 Å². The molecular formula is C20H24N2O2. The average molecular weight is 324 g/mol. The van der Waals surface area contributed by atoms with Crippen molar-refractivity contribution < 1.29 is 9.53 Å². The molecule has 1 atom stereocenters. The van der Waals surface area contributed by atoms with Crippen LogP contribution < -0.4 is 9.64 Å². The molecular weight excluding hydrogens is 300 g/mol. The van der Waals surface area contributed by atoms with E-state index in [1.54, 1.807) is 7.11 Å². The fraction of sp³-hybridized carbons (Fsp3) is 0.350. The van der Waals surface area contributed by atoms with Gasteiger partial charge in [-0.25, -0.2) is 0 Å². The van der Waals surface area contributed by atoms with E-state index in [0.717, 1.165) is 24.4 Å². The monoisotopic (exact) mass is 324 g/mol. The topological polar surface area (TPSA) is 32.8 Å². The molecule has 1 aliphatic heterocycles. The summed E-state index contributed by atoms with van der Waals surface area (Å²) in [6.45, 7) is 3.26. The molecule has 0 aromatic heterocycles. The number of methoxy groups -OCH3 is 1. The molecule has 0 saturated carbocycles. The van der Waals surface area contributed by atoms with Crippen LogP contribution in [0.3, 0.4) is 0 Å². The molecule has 1 amide bonds. The molecule has 2 aromatic rings. The molecule has 0 aliphatic carbocycles. The number of para-hydroxylation sites is 1. The second kappa shape index (κ2) is 7.05. The van der Waals surface area contributed by atoms with Gasteiger partial charge in [0, 0.05) is 18.3 Å². The van der Waals surface area contributed by atoms with Gasteiger partial charge >= 0.3 is 0 Å². The van der Waals surface area contributed by atoms with Crippen molar-refractivity contribution in [3.05, 3.63) is 59.7 Å². The van der Waals surface area contributed by atoms with Gasteiger partial charge in [0.05, 0.1) is 13.7 Å². The molecule has 0 radical (unpaired) electrons. The van der Waals surface area contributed by atoms with Crippen molar-refractivity contribution in [3.8, 4) is 5.75 Å². The predicted molar refractivity (Wildman–Crippen MR) is 96.4 cm³/mol. The Morgan fingerprint density at radius 2 is 1.92 bits per heavy atom. The Morgan fingerprint density at radius 1 is 1.21 bits per heavy atom. The van der Waals surface area contributed by atoms with E-state index in [9.17, 15) is 4.79 Å². The molecule has 0 bridgehead atoms. The first kappa shape index (κ1) is 16.5.